The minimum absolute atomic E-state index is 0.0370. The van der Waals surface area contributed by atoms with Crippen molar-refractivity contribution in [3.63, 3.8) is 0 Å². The number of hydrogen-bond acceptors (Lipinski definition) is 2. The molecule has 0 rings (SSSR count). The van der Waals surface area contributed by atoms with Crippen molar-refractivity contribution >= 4 is 5.78 Å². The minimum atomic E-state index is -0.287. The van der Waals surface area contributed by atoms with Gasteiger partial charge in [-0.1, -0.05) is 27.7 Å². The van der Waals surface area contributed by atoms with Crippen molar-refractivity contribution in [3.8, 4) is 0 Å². The van der Waals surface area contributed by atoms with Crippen LogP contribution < -0.4 is 5.73 Å². The van der Waals surface area contributed by atoms with Crippen LogP contribution in [0.25, 0.3) is 0 Å². The second kappa shape index (κ2) is 15.9. The van der Waals surface area contributed by atoms with E-state index in [1.165, 1.54) is 6.92 Å². The Labute approximate surface area is 64.8 Å². The molecule has 64 valence electrons. The van der Waals surface area contributed by atoms with Gasteiger partial charge in [0.25, 0.3) is 0 Å². The van der Waals surface area contributed by atoms with Crippen LogP contribution in [0, 0.1) is 0 Å². The van der Waals surface area contributed by atoms with Gasteiger partial charge in [-0.2, -0.15) is 0 Å². The molecule has 0 fully saturated rings. The molecule has 0 aromatic carbocycles. The molecule has 0 aromatic heterocycles. The second-order valence-electron chi connectivity index (χ2n) is 1.40. The Balaban J connectivity index is -0.000000105. The molecule has 2 N–H and O–H groups in total. The lowest BCUT2D eigenvalue weighted by Gasteiger charge is -1.91. The third-order valence-corrected chi connectivity index (χ3v) is 0.641. The molecule has 1 unspecified atom stereocenters. The first-order valence-corrected chi connectivity index (χ1v) is 3.90. The predicted octanol–water partition coefficient (Wildman–Crippen LogP) is 1.98. The van der Waals surface area contributed by atoms with Crippen molar-refractivity contribution in [2.75, 3.05) is 0 Å². The predicted molar refractivity (Wildman–Crippen MR) is 47.0 cm³/mol. The van der Waals surface area contributed by atoms with Gasteiger partial charge >= 0.3 is 0 Å². The molecule has 1 atom stereocenters. The second-order valence-corrected chi connectivity index (χ2v) is 1.40. The molecule has 0 radical (unpaired) electrons. The summed E-state index contributed by atoms with van der Waals surface area (Å²) in [6.07, 6.45) is 0. The number of hydrogen-bond donors (Lipinski definition) is 1. The van der Waals surface area contributed by atoms with Crippen molar-refractivity contribution in [2.45, 2.75) is 47.6 Å². The highest BCUT2D eigenvalue weighted by Crippen LogP contribution is 1.72. The van der Waals surface area contributed by atoms with Crippen LogP contribution >= 0.6 is 0 Å². The maximum absolute atomic E-state index is 10.0. The van der Waals surface area contributed by atoms with Crippen LogP contribution in [0.4, 0.5) is 0 Å². The van der Waals surface area contributed by atoms with Crippen LogP contribution in [0.1, 0.15) is 41.5 Å². The monoisotopic (exact) mass is 147 g/mol. The van der Waals surface area contributed by atoms with Crippen molar-refractivity contribution in [1.82, 2.24) is 0 Å². The molecular weight excluding hydrogens is 126 g/mol. The van der Waals surface area contributed by atoms with Crippen LogP contribution in [0.15, 0.2) is 0 Å². The Bertz CT molecular complexity index is 60.3. The first-order chi connectivity index (χ1) is 4.64. The number of carbonyl (C=O) groups excluding carboxylic acids is 1. The topological polar surface area (TPSA) is 43.1 Å². The largest absolute Gasteiger partial charge is 0.322 e. The fourth-order valence-corrected chi connectivity index (χ4v) is 0. The summed E-state index contributed by atoms with van der Waals surface area (Å²) >= 11 is 0. The molecule has 0 aliphatic heterocycles. The molecule has 0 aliphatic carbocycles. The Kier molecular flexibility index (Phi) is 25.9. The van der Waals surface area contributed by atoms with Gasteiger partial charge in [-0.3, -0.25) is 4.79 Å². The summed E-state index contributed by atoms with van der Waals surface area (Å²) in [6.45, 7) is 11.1. The molecule has 0 amide bonds. The van der Waals surface area contributed by atoms with E-state index in [9.17, 15) is 4.79 Å². The lowest BCUT2D eigenvalue weighted by molar-refractivity contribution is -0.117. The number of nitrogens with two attached hydrogens (primary N) is 1. The van der Waals surface area contributed by atoms with E-state index in [1.807, 2.05) is 27.7 Å². The summed E-state index contributed by atoms with van der Waals surface area (Å²) < 4.78 is 0. The normalized spacial score (nSPS) is 9.50. The lowest BCUT2D eigenvalue weighted by atomic mass is 10.3. The summed E-state index contributed by atoms with van der Waals surface area (Å²) in [6, 6.07) is -0.287. The van der Waals surface area contributed by atoms with Crippen LogP contribution in [-0.4, -0.2) is 11.8 Å². The molecule has 0 aliphatic rings. The summed E-state index contributed by atoms with van der Waals surface area (Å²) in [4.78, 5) is 10.0. The van der Waals surface area contributed by atoms with Crippen molar-refractivity contribution in [3.05, 3.63) is 0 Å². The Hall–Kier alpha value is -0.370. The number of ketones is 1. The molecule has 0 bridgehead atoms. The third-order valence-electron chi connectivity index (χ3n) is 0.641. The molecule has 0 saturated heterocycles. The quantitative estimate of drug-likeness (QED) is 0.616. The van der Waals surface area contributed by atoms with Gasteiger partial charge in [0.1, 0.15) is 5.78 Å². The van der Waals surface area contributed by atoms with Crippen molar-refractivity contribution in [1.29, 1.82) is 0 Å². The van der Waals surface area contributed by atoms with Gasteiger partial charge in [-0.25, -0.2) is 0 Å². The Morgan fingerprint density at radius 2 is 1.30 bits per heavy atom. The van der Waals surface area contributed by atoms with Crippen molar-refractivity contribution < 1.29 is 4.79 Å². The third kappa shape index (κ3) is 25.5. The summed E-state index contributed by atoms with van der Waals surface area (Å²) in [5.41, 5.74) is 5.09. The van der Waals surface area contributed by atoms with E-state index in [-0.39, 0.29) is 11.8 Å². The number of Topliss-reactive ketones (excluding diaryl/α,β-unsaturated/α-hetero) is 1. The number of carbonyl (C=O) groups is 1. The maximum Gasteiger partial charge on any atom is 0.146 e. The van der Waals surface area contributed by atoms with E-state index in [1.54, 1.807) is 6.92 Å². The first kappa shape index (κ1) is 16.3. The van der Waals surface area contributed by atoms with E-state index in [0.29, 0.717) is 0 Å². The van der Waals surface area contributed by atoms with E-state index < -0.39 is 0 Å². The molecule has 10 heavy (non-hydrogen) atoms. The summed E-state index contributed by atoms with van der Waals surface area (Å²) in [5, 5.41) is 0. The lowest BCUT2D eigenvalue weighted by Crippen LogP contribution is -2.23. The van der Waals surface area contributed by atoms with Gasteiger partial charge in [0, 0.05) is 0 Å². The van der Waals surface area contributed by atoms with E-state index in [2.05, 4.69) is 0 Å². The molecule has 0 saturated carbocycles. The standard InChI is InChI=1S/C4H9NO.2C2H6/c1-3(5)4(2)6;2*1-2/h3H,5H2,1-2H3;2*1-2H3. The maximum atomic E-state index is 10.0. The summed E-state index contributed by atoms with van der Waals surface area (Å²) in [7, 11) is 0. The summed E-state index contributed by atoms with van der Waals surface area (Å²) in [5.74, 6) is 0.0370. The van der Waals surface area contributed by atoms with Crippen molar-refractivity contribution in [2.24, 2.45) is 5.73 Å². The van der Waals surface area contributed by atoms with Gasteiger partial charge in [-0.15, -0.1) is 0 Å². The van der Waals surface area contributed by atoms with Gasteiger partial charge in [0.2, 0.25) is 0 Å². The zero-order valence-electron chi connectivity index (χ0n) is 8.06. The zero-order chi connectivity index (χ0) is 9.15. The van der Waals surface area contributed by atoms with Crippen LogP contribution in [0.5, 0.6) is 0 Å². The highest BCUT2D eigenvalue weighted by Gasteiger charge is 1.95. The Morgan fingerprint density at radius 3 is 1.30 bits per heavy atom. The number of rotatable bonds is 1. The molecule has 0 heterocycles. The highest BCUT2D eigenvalue weighted by molar-refractivity contribution is 5.80. The molecule has 2 nitrogen and oxygen atoms in total. The minimum Gasteiger partial charge on any atom is -0.322 e. The molecule has 0 spiro atoms. The highest BCUT2D eigenvalue weighted by atomic mass is 16.1. The van der Waals surface area contributed by atoms with Crippen LogP contribution in [0.2, 0.25) is 0 Å². The van der Waals surface area contributed by atoms with Crippen LogP contribution in [0.3, 0.4) is 0 Å². The molecular formula is C8H21NO. The first-order valence-electron chi connectivity index (χ1n) is 3.90. The van der Waals surface area contributed by atoms with E-state index >= 15 is 0 Å². The van der Waals surface area contributed by atoms with E-state index in [0.717, 1.165) is 0 Å². The Morgan fingerprint density at radius 1 is 1.20 bits per heavy atom. The fraction of sp³-hybridized carbons (Fsp3) is 0.875. The smallest absolute Gasteiger partial charge is 0.146 e. The average molecular weight is 147 g/mol. The molecule has 0 aromatic rings. The zero-order valence-corrected chi connectivity index (χ0v) is 8.06. The van der Waals surface area contributed by atoms with Crippen LogP contribution in [-0.2, 0) is 4.79 Å². The average Bonchev–Trinajstić information content (AvgIpc) is 1.96. The van der Waals surface area contributed by atoms with E-state index in [4.69, 9.17) is 5.73 Å². The fourth-order valence-electron chi connectivity index (χ4n) is 0. The van der Waals surface area contributed by atoms with Gasteiger partial charge in [-0.05, 0) is 13.8 Å². The van der Waals surface area contributed by atoms with Gasteiger partial charge in [0.05, 0.1) is 6.04 Å². The molecule has 2 heteroatoms. The SMILES string of the molecule is CC.CC.CC(=O)C(C)N. The van der Waals surface area contributed by atoms with Gasteiger partial charge < -0.3 is 5.73 Å². The van der Waals surface area contributed by atoms with Gasteiger partial charge in [0.15, 0.2) is 0 Å².